The first kappa shape index (κ1) is 30.4. The summed E-state index contributed by atoms with van der Waals surface area (Å²) in [6.45, 7) is 5.95. The van der Waals surface area contributed by atoms with Gasteiger partial charge in [0, 0.05) is 14.2 Å². The van der Waals surface area contributed by atoms with Crippen LogP contribution in [0.15, 0.2) is 28.2 Å². The van der Waals surface area contributed by atoms with Crippen molar-refractivity contribution in [3.05, 3.63) is 29.6 Å². The van der Waals surface area contributed by atoms with Crippen LogP contribution in [0.5, 0.6) is 0 Å². The van der Waals surface area contributed by atoms with E-state index in [0.717, 1.165) is 0 Å². The fraction of sp³-hybridized carbons (Fsp3) is 0.588. The molecule has 0 fully saturated rings. The largest absolute Gasteiger partial charge is 3.00 e. The van der Waals surface area contributed by atoms with Crippen molar-refractivity contribution in [3.63, 3.8) is 0 Å². The molecule has 1 radical (unpaired) electrons. The van der Waals surface area contributed by atoms with E-state index < -0.39 is 0 Å². The van der Waals surface area contributed by atoms with Gasteiger partial charge in [-0.05, 0) is 26.0 Å². The van der Waals surface area contributed by atoms with Gasteiger partial charge in [-0.25, -0.2) is 15.0 Å². The molecule has 0 saturated heterocycles. The van der Waals surface area contributed by atoms with Crippen LogP contribution in [-0.2, 0) is 18.9 Å². The van der Waals surface area contributed by atoms with E-state index in [1.165, 1.54) is 0 Å². The number of hydrogen-bond acceptors (Lipinski definition) is 7. The van der Waals surface area contributed by atoms with E-state index in [4.69, 9.17) is 18.9 Å². The zero-order valence-electron chi connectivity index (χ0n) is 16.2. The standard InChI is InChI=1S/C17H23N3O4.3ClH.Nd/c1-16(8-21-3)10-23-14(19-16)12-6-5-7-13(18-12)15-20-17(2,9-22-4)11-24-15;;;;/h5-7H,8-11H2,1-4H3;3*1H;/q;;;;+3/p-3. The predicted octanol–water partition coefficient (Wildman–Crippen LogP) is -7.54. The summed E-state index contributed by atoms with van der Waals surface area (Å²) in [5.41, 5.74) is 0.582. The molecule has 2 unspecified atom stereocenters. The summed E-state index contributed by atoms with van der Waals surface area (Å²) in [7, 11) is 3.31. The normalized spacial score (nSPS) is 24.9. The van der Waals surface area contributed by atoms with Crippen molar-refractivity contribution in [2.75, 3.05) is 40.6 Å². The summed E-state index contributed by atoms with van der Waals surface area (Å²) >= 11 is 0. The smallest absolute Gasteiger partial charge is 1.00 e. The molecule has 0 aromatic carbocycles. The second kappa shape index (κ2) is 12.8. The third-order valence-electron chi connectivity index (χ3n) is 3.88. The Hall–Kier alpha value is 0.231. The number of ether oxygens (including phenoxy) is 4. The summed E-state index contributed by atoms with van der Waals surface area (Å²) in [6, 6.07) is 5.63. The summed E-state index contributed by atoms with van der Waals surface area (Å²) in [5, 5.41) is 0. The molecule has 11 heteroatoms. The maximum Gasteiger partial charge on any atom is 3.00 e. The van der Waals surface area contributed by atoms with Gasteiger partial charge >= 0.3 is 40.8 Å². The second-order valence-electron chi connectivity index (χ2n) is 6.68. The number of rotatable bonds is 6. The minimum atomic E-state index is -0.375. The van der Waals surface area contributed by atoms with Crippen molar-refractivity contribution in [2.45, 2.75) is 24.9 Å². The van der Waals surface area contributed by atoms with Crippen molar-refractivity contribution >= 4 is 11.8 Å². The number of nitrogens with zero attached hydrogens (tertiary/aromatic N) is 3. The zero-order chi connectivity index (χ0) is 17.2. The van der Waals surface area contributed by atoms with Gasteiger partial charge in [-0.3, -0.25) is 0 Å². The molecule has 3 rings (SSSR count). The van der Waals surface area contributed by atoms with Crippen LogP contribution in [0.2, 0.25) is 0 Å². The molecule has 155 valence electrons. The molecule has 0 N–H and O–H groups in total. The Bertz CT molecular complexity index is 642. The van der Waals surface area contributed by atoms with Crippen LogP contribution < -0.4 is 37.2 Å². The molecule has 2 aliphatic rings. The fourth-order valence-corrected chi connectivity index (χ4v) is 2.77. The molecule has 3 heterocycles. The minimum absolute atomic E-state index is 0. The van der Waals surface area contributed by atoms with Crippen molar-refractivity contribution < 1.29 is 97.0 Å². The number of halogens is 3. The number of pyridine rings is 1. The Kier molecular flexibility index (Phi) is 13.9. The van der Waals surface area contributed by atoms with E-state index in [0.29, 0.717) is 49.6 Å². The fourth-order valence-electron chi connectivity index (χ4n) is 2.77. The van der Waals surface area contributed by atoms with Crippen molar-refractivity contribution in [1.82, 2.24) is 4.98 Å². The van der Waals surface area contributed by atoms with Crippen molar-refractivity contribution in [2.24, 2.45) is 9.98 Å². The molecule has 1 aromatic rings. The summed E-state index contributed by atoms with van der Waals surface area (Å²) in [5.74, 6) is 1.05. The Balaban J connectivity index is 0. The van der Waals surface area contributed by atoms with Crippen LogP contribution in [0.3, 0.4) is 0 Å². The molecular formula is C17H23Cl3N3NdO4. The topological polar surface area (TPSA) is 74.5 Å². The van der Waals surface area contributed by atoms with E-state index in [2.05, 4.69) is 15.0 Å². The van der Waals surface area contributed by atoms with Crippen molar-refractivity contribution in [3.8, 4) is 0 Å². The van der Waals surface area contributed by atoms with Gasteiger partial charge in [-0.2, -0.15) is 0 Å². The van der Waals surface area contributed by atoms with Crippen LogP contribution in [-0.4, -0.2) is 68.5 Å². The molecule has 7 nitrogen and oxygen atoms in total. The monoisotopic (exact) mass is 580 g/mol. The average molecular weight is 584 g/mol. The maximum absolute atomic E-state index is 5.71. The van der Waals surface area contributed by atoms with Crippen molar-refractivity contribution in [1.29, 1.82) is 0 Å². The van der Waals surface area contributed by atoms with Gasteiger partial charge in [-0.1, -0.05) is 6.07 Å². The third-order valence-corrected chi connectivity index (χ3v) is 3.88. The number of aromatic nitrogens is 1. The molecule has 0 saturated carbocycles. The van der Waals surface area contributed by atoms with Crippen LogP contribution in [0.1, 0.15) is 25.2 Å². The predicted molar refractivity (Wildman–Crippen MR) is 89.8 cm³/mol. The van der Waals surface area contributed by atoms with Gasteiger partial charge in [0.2, 0.25) is 11.8 Å². The number of aliphatic imine (C=N–C) groups is 2. The van der Waals surface area contributed by atoms with Gasteiger partial charge in [0.1, 0.15) is 35.7 Å². The number of hydrogen-bond donors (Lipinski definition) is 0. The Morgan fingerprint density at radius 1 is 0.857 bits per heavy atom. The van der Waals surface area contributed by atoms with E-state index in [1.54, 1.807) is 14.2 Å². The Labute approximate surface area is 217 Å². The molecule has 28 heavy (non-hydrogen) atoms. The van der Waals surface area contributed by atoms with E-state index in [9.17, 15) is 0 Å². The third kappa shape index (κ3) is 7.18. The molecule has 0 spiro atoms. The summed E-state index contributed by atoms with van der Waals surface area (Å²) < 4.78 is 21.8. The number of methoxy groups -OCH3 is 2. The first-order valence-corrected chi connectivity index (χ1v) is 7.88. The Morgan fingerprint density at radius 3 is 1.61 bits per heavy atom. The molecule has 2 atom stereocenters. The van der Waals surface area contributed by atoms with E-state index in [1.807, 2.05) is 32.0 Å². The van der Waals surface area contributed by atoms with E-state index in [-0.39, 0.29) is 89.1 Å². The van der Waals surface area contributed by atoms with Gasteiger partial charge in [0.15, 0.2) is 0 Å². The van der Waals surface area contributed by atoms with Crippen LogP contribution in [0, 0.1) is 40.8 Å². The molecule has 2 aliphatic heterocycles. The van der Waals surface area contributed by atoms with E-state index >= 15 is 0 Å². The summed E-state index contributed by atoms with van der Waals surface area (Å²) in [6.07, 6.45) is 0. The molecule has 0 bridgehead atoms. The van der Waals surface area contributed by atoms with Gasteiger partial charge < -0.3 is 56.2 Å². The Morgan fingerprint density at radius 2 is 1.25 bits per heavy atom. The van der Waals surface area contributed by atoms with Gasteiger partial charge in [-0.15, -0.1) is 0 Å². The zero-order valence-corrected chi connectivity index (χ0v) is 21.6. The molecular weight excluding hydrogens is 561 g/mol. The maximum atomic E-state index is 5.71. The van der Waals surface area contributed by atoms with Crippen LogP contribution >= 0.6 is 0 Å². The SMILES string of the molecule is COCC1(C)COC(c2cccc(C3=NC(C)(COC)CO3)n2)=N1.[Cl-].[Cl-].[Cl-].[Nd+3]. The molecule has 0 aliphatic carbocycles. The first-order valence-electron chi connectivity index (χ1n) is 7.88. The molecule has 1 aromatic heterocycles. The first-order chi connectivity index (χ1) is 11.5. The second-order valence-corrected chi connectivity index (χ2v) is 6.68. The van der Waals surface area contributed by atoms with Gasteiger partial charge in [0.25, 0.3) is 0 Å². The summed E-state index contributed by atoms with van der Waals surface area (Å²) in [4.78, 5) is 13.8. The van der Waals surface area contributed by atoms with Crippen LogP contribution in [0.4, 0.5) is 0 Å². The molecule has 0 amide bonds. The van der Waals surface area contributed by atoms with Crippen LogP contribution in [0.25, 0.3) is 0 Å². The minimum Gasteiger partial charge on any atom is -1.00 e. The average Bonchev–Trinajstić information content (AvgIpc) is 3.12. The van der Waals surface area contributed by atoms with Gasteiger partial charge in [0.05, 0.1) is 13.2 Å². The quantitative estimate of drug-likeness (QED) is 0.333.